The van der Waals surface area contributed by atoms with Crippen LogP contribution in [0, 0.1) is 24.0 Å². The molecule has 24 heavy (non-hydrogen) atoms. The number of anilines is 1. The zero-order valence-corrected chi connectivity index (χ0v) is 13.3. The first-order chi connectivity index (χ1) is 11.5. The molecular formula is C19H17F2NO2. The lowest BCUT2D eigenvalue weighted by molar-refractivity contribution is -0.139. The average molecular weight is 329 g/mol. The number of methoxy groups -OCH3 is 1. The molecule has 0 atom stereocenters. The Labute approximate surface area is 139 Å². The van der Waals surface area contributed by atoms with Gasteiger partial charge in [-0.25, -0.2) is 8.78 Å². The van der Waals surface area contributed by atoms with Gasteiger partial charge in [0.1, 0.15) is 11.6 Å². The van der Waals surface area contributed by atoms with Gasteiger partial charge < -0.3 is 9.64 Å². The molecule has 0 unspecified atom stereocenters. The van der Waals surface area contributed by atoms with Crippen LogP contribution < -0.4 is 4.90 Å². The topological polar surface area (TPSA) is 29.5 Å². The van der Waals surface area contributed by atoms with Crippen molar-refractivity contribution < 1.29 is 18.3 Å². The number of hydrogen-bond acceptors (Lipinski definition) is 3. The van der Waals surface area contributed by atoms with E-state index in [-0.39, 0.29) is 24.3 Å². The summed E-state index contributed by atoms with van der Waals surface area (Å²) in [6.07, 6.45) is 5.26. The van der Waals surface area contributed by atoms with Crippen molar-refractivity contribution >= 4 is 11.7 Å². The van der Waals surface area contributed by atoms with Gasteiger partial charge in [0.15, 0.2) is 0 Å². The van der Waals surface area contributed by atoms with E-state index in [1.54, 1.807) is 23.1 Å². The summed E-state index contributed by atoms with van der Waals surface area (Å²) in [5.41, 5.74) is 1.70. The van der Waals surface area contributed by atoms with Crippen LogP contribution in [-0.2, 0) is 22.5 Å². The van der Waals surface area contributed by atoms with Crippen molar-refractivity contribution in [1.29, 1.82) is 0 Å². The molecule has 0 N–H and O–H groups in total. The SMILES string of the molecule is C#CCN(Cc1ccc(F)cc1)c1ccc(CC(=O)OC)c(F)c1. The molecule has 3 nitrogen and oxygen atoms in total. The molecule has 0 saturated heterocycles. The molecule has 0 aliphatic rings. The largest absolute Gasteiger partial charge is 0.469 e. The van der Waals surface area contributed by atoms with Gasteiger partial charge in [0.05, 0.1) is 20.1 Å². The Morgan fingerprint density at radius 2 is 1.92 bits per heavy atom. The van der Waals surface area contributed by atoms with Gasteiger partial charge in [-0.15, -0.1) is 6.42 Å². The highest BCUT2D eigenvalue weighted by Crippen LogP contribution is 2.21. The van der Waals surface area contributed by atoms with Gasteiger partial charge in [0.2, 0.25) is 0 Å². The predicted molar refractivity (Wildman–Crippen MR) is 88.4 cm³/mol. The number of halogens is 2. The molecule has 0 radical (unpaired) electrons. The minimum absolute atomic E-state index is 0.129. The van der Waals surface area contributed by atoms with E-state index in [2.05, 4.69) is 10.7 Å². The maximum atomic E-state index is 14.2. The first kappa shape index (κ1) is 17.5. The van der Waals surface area contributed by atoms with Crippen LogP contribution in [0.4, 0.5) is 14.5 Å². The summed E-state index contributed by atoms with van der Waals surface area (Å²) >= 11 is 0. The molecule has 0 aliphatic carbocycles. The lowest BCUT2D eigenvalue weighted by Gasteiger charge is -2.23. The molecule has 0 spiro atoms. The van der Waals surface area contributed by atoms with Crippen molar-refractivity contribution in [3.63, 3.8) is 0 Å². The fourth-order valence-electron chi connectivity index (χ4n) is 2.26. The average Bonchev–Trinajstić information content (AvgIpc) is 2.58. The molecule has 0 amide bonds. The second kappa shape index (κ2) is 8.11. The van der Waals surface area contributed by atoms with E-state index in [0.717, 1.165) is 5.56 Å². The van der Waals surface area contributed by atoms with Crippen LogP contribution >= 0.6 is 0 Å². The van der Waals surface area contributed by atoms with E-state index in [1.807, 2.05) is 0 Å². The number of carbonyl (C=O) groups excluding carboxylic acids is 1. The van der Waals surface area contributed by atoms with Crippen molar-refractivity contribution in [2.45, 2.75) is 13.0 Å². The van der Waals surface area contributed by atoms with Crippen LogP contribution in [0.1, 0.15) is 11.1 Å². The van der Waals surface area contributed by atoms with Crippen LogP contribution in [0.3, 0.4) is 0 Å². The highest BCUT2D eigenvalue weighted by atomic mass is 19.1. The number of benzene rings is 2. The monoisotopic (exact) mass is 329 g/mol. The Kier molecular flexibility index (Phi) is 5.91. The summed E-state index contributed by atoms with van der Waals surface area (Å²) in [4.78, 5) is 13.1. The van der Waals surface area contributed by atoms with Crippen LogP contribution in [0.2, 0.25) is 0 Å². The number of nitrogens with zero attached hydrogens (tertiary/aromatic N) is 1. The van der Waals surface area contributed by atoms with Crippen LogP contribution in [0.15, 0.2) is 42.5 Å². The molecule has 0 heterocycles. The normalized spacial score (nSPS) is 10.1. The summed E-state index contributed by atoms with van der Waals surface area (Å²) in [6, 6.07) is 10.6. The molecule has 0 bridgehead atoms. The van der Waals surface area contributed by atoms with Gasteiger partial charge in [0, 0.05) is 12.2 Å². The second-order valence-corrected chi connectivity index (χ2v) is 5.22. The third-order valence-electron chi connectivity index (χ3n) is 3.53. The van der Waals surface area contributed by atoms with Gasteiger partial charge in [-0.2, -0.15) is 0 Å². The van der Waals surface area contributed by atoms with Gasteiger partial charge >= 0.3 is 5.97 Å². The molecule has 0 aromatic heterocycles. The predicted octanol–water partition coefficient (Wildman–Crippen LogP) is 3.32. The van der Waals surface area contributed by atoms with Crippen molar-refractivity contribution in [3.05, 3.63) is 65.2 Å². The molecule has 2 rings (SSSR count). The number of ether oxygens (including phenoxy) is 1. The zero-order valence-electron chi connectivity index (χ0n) is 13.3. The van der Waals surface area contributed by atoms with Gasteiger partial charge in [-0.1, -0.05) is 24.1 Å². The number of esters is 1. The Morgan fingerprint density at radius 1 is 1.21 bits per heavy atom. The summed E-state index contributed by atoms with van der Waals surface area (Å²) in [5.74, 6) is 1.20. The lowest BCUT2D eigenvalue weighted by atomic mass is 10.1. The quantitative estimate of drug-likeness (QED) is 0.601. The van der Waals surface area contributed by atoms with E-state index < -0.39 is 11.8 Å². The Hall–Kier alpha value is -2.87. The van der Waals surface area contributed by atoms with E-state index in [4.69, 9.17) is 6.42 Å². The zero-order chi connectivity index (χ0) is 17.5. The molecule has 0 saturated carbocycles. The molecule has 0 fully saturated rings. The van der Waals surface area contributed by atoms with Crippen molar-refractivity contribution in [2.24, 2.45) is 0 Å². The summed E-state index contributed by atoms with van der Waals surface area (Å²) in [6.45, 7) is 0.688. The number of carbonyl (C=O) groups is 1. The second-order valence-electron chi connectivity index (χ2n) is 5.22. The number of hydrogen-bond donors (Lipinski definition) is 0. The van der Waals surface area contributed by atoms with Crippen molar-refractivity contribution in [3.8, 4) is 12.3 Å². The Balaban J connectivity index is 2.21. The molecule has 5 heteroatoms. The smallest absolute Gasteiger partial charge is 0.310 e. The van der Waals surface area contributed by atoms with Crippen molar-refractivity contribution in [1.82, 2.24) is 0 Å². The number of rotatable bonds is 6. The van der Waals surface area contributed by atoms with Crippen LogP contribution in [0.25, 0.3) is 0 Å². The number of terminal acetylenes is 1. The Bertz CT molecular complexity index is 751. The molecule has 124 valence electrons. The van der Waals surface area contributed by atoms with Gasteiger partial charge in [-0.3, -0.25) is 4.79 Å². The minimum atomic E-state index is -0.506. The fraction of sp³-hybridized carbons (Fsp3) is 0.211. The lowest BCUT2D eigenvalue weighted by Crippen LogP contribution is -2.23. The Morgan fingerprint density at radius 3 is 2.50 bits per heavy atom. The van der Waals surface area contributed by atoms with Crippen molar-refractivity contribution in [2.75, 3.05) is 18.6 Å². The minimum Gasteiger partial charge on any atom is -0.469 e. The van der Waals surface area contributed by atoms with E-state index in [9.17, 15) is 13.6 Å². The highest BCUT2D eigenvalue weighted by molar-refractivity contribution is 5.72. The van der Waals surface area contributed by atoms with Gasteiger partial charge in [0.25, 0.3) is 0 Å². The molecule has 2 aromatic rings. The van der Waals surface area contributed by atoms with Crippen LogP contribution in [-0.4, -0.2) is 19.6 Å². The fourth-order valence-corrected chi connectivity index (χ4v) is 2.26. The van der Waals surface area contributed by atoms with Gasteiger partial charge in [-0.05, 0) is 35.4 Å². The van der Waals surface area contributed by atoms with E-state index in [0.29, 0.717) is 12.2 Å². The first-order valence-electron chi connectivity index (χ1n) is 7.31. The maximum Gasteiger partial charge on any atom is 0.310 e. The van der Waals surface area contributed by atoms with Crippen LogP contribution in [0.5, 0.6) is 0 Å². The first-order valence-corrected chi connectivity index (χ1v) is 7.31. The summed E-state index contributed by atoms with van der Waals surface area (Å²) < 4.78 is 31.7. The summed E-state index contributed by atoms with van der Waals surface area (Å²) in [5, 5.41) is 0. The summed E-state index contributed by atoms with van der Waals surface area (Å²) in [7, 11) is 1.26. The third-order valence-corrected chi connectivity index (χ3v) is 3.53. The molecular weight excluding hydrogens is 312 g/mol. The molecule has 0 aliphatic heterocycles. The standard InChI is InChI=1S/C19H17F2NO2/c1-3-10-22(13-14-4-7-16(20)8-5-14)17-9-6-15(18(21)12-17)11-19(23)24-2/h1,4-9,12H,10-11,13H2,2H3. The van der Waals surface area contributed by atoms with E-state index >= 15 is 0 Å². The highest BCUT2D eigenvalue weighted by Gasteiger charge is 2.12. The van der Waals surface area contributed by atoms with E-state index in [1.165, 1.54) is 31.4 Å². The molecule has 2 aromatic carbocycles. The third kappa shape index (κ3) is 4.56. The maximum absolute atomic E-state index is 14.2.